The van der Waals surface area contributed by atoms with Crippen molar-refractivity contribution in [2.24, 2.45) is 11.7 Å². The number of fused-ring (bicyclic) bond motifs is 3. The first-order chi connectivity index (χ1) is 18.3. The van der Waals surface area contributed by atoms with Gasteiger partial charge in [-0.2, -0.15) is 5.26 Å². The van der Waals surface area contributed by atoms with Crippen LogP contribution in [0, 0.1) is 23.1 Å². The number of benzene rings is 1. The number of aromatic nitrogens is 2. The van der Waals surface area contributed by atoms with Gasteiger partial charge in [-0.1, -0.05) is 25.5 Å². The third-order valence-corrected chi connectivity index (χ3v) is 8.75. The predicted octanol–water partition coefficient (Wildman–Crippen LogP) is 6.44. The molecule has 0 saturated carbocycles. The number of hydrogen-bond donors (Lipinski definition) is 1. The molecule has 3 aliphatic heterocycles. The Balaban J connectivity index is 1.85. The zero-order valence-corrected chi connectivity index (χ0v) is 22.9. The van der Waals surface area contributed by atoms with Gasteiger partial charge in [0.25, 0.3) is 0 Å². The lowest BCUT2D eigenvalue weighted by Gasteiger charge is -2.26. The monoisotopic (exact) mass is 535 g/mol. The fourth-order valence-electron chi connectivity index (χ4n) is 5.42. The Labute approximate surface area is 226 Å². The third-order valence-electron chi connectivity index (χ3n) is 7.60. The number of nitriles is 1. The van der Waals surface area contributed by atoms with Crippen molar-refractivity contribution in [2.75, 3.05) is 23.7 Å². The summed E-state index contributed by atoms with van der Waals surface area (Å²) >= 11 is 1.23. The Morgan fingerprint density at radius 2 is 2.13 bits per heavy atom. The Kier molecular flexibility index (Phi) is 7.30. The molecule has 1 aromatic carbocycles. The first-order valence-electron chi connectivity index (χ1n) is 12.9. The maximum Gasteiger partial charge on any atom is 0.225 e. The minimum atomic E-state index is -0.512. The molecule has 0 spiro atoms. The van der Waals surface area contributed by atoms with Crippen LogP contribution in [0.3, 0.4) is 0 Å². The number of anilines is 1. The smallest absolute Gasteiger partial charge is 0.225 e. The molecule has 0 radical (unpaired) electrons. The van der Waals surface area contributed by atoms with Crippen molar-refractivity contribution in [2.45, 2.75) is 53.8 Å². The normalized spacial score (nSPS) is 20.8. The van der Waals surface area contributed by atoms with E-state index >= 15 is 8.78 Å². The van der Waals surface area contributed by atoms with Crippen LogP contribution in [0.5, 0.6) is 0 Å². The molecule has 1 fully saturated rings. The van der Waals surface area contributed by atoms with Gasteiger partial charge in [0.2, 0.25) is 5.95 Å². The van der Waals surface area contributed by atoms with Crippen LogP contribution in [0.1, 0.15) is 57.2 Å². The second kappa shape index (κ2) is 10.5. The Morgan fingerprint density at radius 3 is 2.79 bits per heavy atom. The van der Waals surface area contributed by atoms with Crippen LogP contribution >= 0.6 is 11.8 Å². The summed E-state index contributed by atoms with van der Waals surface area (Å²) in [5.41, 5.74) is 10.5. The molecular weight excluding hydrogens is 504 g/mol. The summed E-state index contributed by atoms with van der Waals surface area (Å²) in [6, 6.07) is 2.19. The van der Waals surface area contributed by atoms with Crippen molar-refractivity contribution in [3.63, 3.8) is 0 Å². The summed E-state index contributed by atoms with van der Waals surface area (Å²) in [5, 5.41) is 10.7. The van der Waals surface area contributed by atoms with Crippen LogP contribution in [-0.2, 0) is 18.0 Å². The highest BCUT2D eigenvalue weighted by molar-refractivity contribution is 8.03. The lowest BCUT2D eigenvalue weighted by molar-refractivity contribution is 0.134. The number of nitrogens with zero attached hydrogens (tertiary/aromatic N) is 4. The van der Waals surface area contributed by atoms with Crippen molar-refractivity contribution < 1.29 is 13.5 Å². The van der Waals surface area contributed by atoms with Crippen molar-refractivity contribution in [3.05, 3.63) is 67.9 Å². The van der Waals surface area contributed by atoms with Crippen LogP contribution in [0.2, 0.25) is 0 Å². The molecule has 0 aliphatic carbocycles. The maximum atomic E-state index is 16.8. The highest BCUT2D eigenvalue weighted by atomic mass is 32.2. The van der Waals surface area contributed by atoms with Crippen LogP contribution in [0.15, 0.2) is 45.4 Å². The van der Waals surface area contributed by atoms with Gasteiger partial charge in [0.1, 0.15) is 17.4 Å². The SMILES string of the molecule is C/C=C(/F)C1=C(/C(=C(\C)CC)c2c3c(c4cnc(N5CCC(C)C5)nc4c2F)COC3)C(C#N)=C(N)CS1. The number of allylic oxidation sites excluding steroid dienone is 6. The predicted molar refractivity (Wildman–Crippen MR) is 148 cm³/mol. The summed E-state index contributed by atoms with van der Waals surface area (Å²) in [6.45, 7) is 9.77. The molecule has 198 valence electrons. The number of thioether (sulfide) groups is 1. The average molecular weight is 536 g/mol. The van der Waals surface area contributed by atoms with E-state index in [1.165, 1.54) is 17.8 Å². The maximum absolute atomic E-state index is 16.8. The van der Waals surface area contributed by atoms with Gasteiger partial charge in [-0.25, -0.2) is 18.7 Å². The van der Waals surface area contributed by atoms with Gasteiger partial charge in [-0.15, -0.1) is 11.8 Å². The molecule has 4 heterocycles. The molecule has 0 bridgehead atoms. The summed E-state index contributed by atoms with van der Waals surface area (Å²) < 4.78 is 37.9. The summed E-state index contributed by atoms with van der Waals surface area (Å²) in [4.78, 5) is 11.7. The first-order valence-corrected chi connectivity index (χ1v) is 13.9. The lowest BCUT2D eigenvalue weighted by Crippen LogP contribution is -2.22. The highest BCUT2D eigenvalue weighted by Gasteiger charge is 2.34. The molecule has 2 N–H and O–H groups in total. The number of rotatable bonds is 5. The van der Waals surface area contributed by atoms with Crippen LogP contribution in [0.25, 0.3) is 16.5 Å². The minimum absolute atomic E-state index is 0.181. The van der Waals surface area contributed by atoms with Crippen LogP contribution in [-0.4, -0.2) is 28.8 Å². The van der Waals surface area contributed by atoms with Crippen molar-refractivity contribution in [1.29, 1.82) is 5.26 Å². The highest BCUT2D eigenvalue weighted by Crippen LogP contribution is 2.48. The minimum Gasteiger partial charge on any atom is -0.400 e. The van der Waals surface area contributed by atoms with E-state index in [0.717, 1.165) is 30.6 Å². The fraction of sp³-hybridized carbons (Fsp3) is 0.414. The van der Waals surface area contributed by atoms with Crippen molar-refractivity contribution in [1.82, 2.24) is 9.97 Å². The van der Waals surface area contributed by atoms with Gasteiger partial charge in [-0.05, 0) is 49.3 Å². The molecule has 1 aromatic heterocycles. The van der Waals surface area contributed by atoms with Gasteiger partial charge in [0, 0.05) is 47.3 Å². The number of hydrogen-bond acceptors (Lipinski definition) is 7. The number of ether oxygens (including phenoxy) is 1. The second-order valence-corrected chi connectivity index (χ2v) is 11.0. The van der Waals surface area contributed by atoms with E-state index in [-0.39, 0.29) is 23.4 Å². The van der Waals surface area contributed by atoms with Gasteiger partial charge >= 0.3 is 0 Å². The van der Waals surface area contributed by atoms with E-state index in [2.05, 4.69) is 22.9 Å². The average Bonchev–Trinajstić information content (AvgIpc) is 3.59. The van der Waals surface area contributed by atoms with Crippen molar-refractivity contribution in [3.8, 4) is 6.07 Å². The fourth-order valence-corrected chi connectivity index (χ4v) is 6.46. The molecule has 0 amide bonds. The third kappa shape index (κ3) is 4.30. The number of halogens is 2. The van der Waals surface area contributed by atoms with E-state index in [1.54, 1.807) is 13.1 Å². The van der Waals surface area contributed by atoms with E-state index in [1.807, 2.05) is 13.8 Å². The standard InChI is InChI=1S/C29H31F2N5OS/c1-5-16(4)23(25-17(9-32)22(33)14-38-28(25)21(30)6-2)24-20-13-37-12-19(20)18-10-34-29(35-27(18)26(24)31)36-8-7-15(3)11-36/h6,10,15H,5,7-8,11-14,33H2,1-4H3/b21-6+,23-16+. The van der Waals surface area contributed by atoms with Gasteiger partial charge in [0.05, 0.1) is 23.7 Å². The molecule has 3 aliphatic rings. The van der Waals surface area contributed by atoms with Gasteiger partial charge in [0.15, 0.2) is 5.82 Å². The zero-order valence-electron chi connectivity index (χ0n) is 22.1. The van der Waals surface area contributed by atoms with Gasteiger partial charge < -0.3 is 15.4 Å². The van der Waals surface area contributed by atoms with Gasteiger partial charge in [-0.3, -0.25) is 0 Å². The summed E-state index contributed by atoms with van der Waals surface area (Å²) in [5.74, 6) is 0.323. The first kappa shape index (κ1) is 26.4. The second-order valence-electron chi connectivity index (χ2n) is 10.1. The molecule has 5 rings (SSSR count). The quantitative estimate of drug-likeness (QED) is 0.471. The Hall–Kier alpha value is -3.22. The van der Waals surface area contributed by atoms with Crippen LogP contribution < -0.4 is 10.6 Å². The van der Waals surface area contributed by atoms with E-state index < -0.39 is 11.6 Å². The largest absolute Gasteiger partial charge is 0.400 e. The van der Waals surface area contributed by atoms with Crippen LogP contribution in [0.4, 0.5) is 14.7 Å². The summed E-state index contributed by atoms with van der Waals surface area (Å²) in [6.07, 6.45) is 4.65. The Bertz CT molecular complexity index is 1500. The molecule has 2 aromatic rings. The topological polar surface area (TPSA) is 88.1 Å². The molecule has 6 nitrogen and oxygen atoms in total. The van der Waals surface area contributed by atoms with Crippen molar-refractivity contribution >= 4 is 34.2 Å². The molecule has 38 heavy (non-hydrogen) atoms. The summed E-state index contributed by atoms with van der Waals surface area (Å²) in [7, 11) is 0. The molecular formula is C29H31F2N5OS. The molecule has 1 atom stereocenters. The Morgan fingerprint density at radius 1 is 1.37 bits per heavy atom. The van der Waals surface area contributed by atoms with E-state index in [4.69, 9.17) is 15.5 Å². The molecule has 1 saturated heterocycles. The molecule has 1 unspecified atom stereocenters. The lowest BCUT2D eigenvalue weighted by atomic mass is 9.83. The number of nitrogens with two attached hydrogens (primary N) is 1. The van der Waals surface area contributed by atoms with E-state index in [0.29, 0.717) is 63.2 Å². The zero-order chi connectivity index (χ0) is 27.1. The molecule has 9 heteroatoms. The van der Waals surface area contributed by atoms with E-state index in [9.17, 15) is 5.26 Å².